The van der Waals surface area contributed by atoms with Crippen LogP contribution in [-0.4, -0.2) is 47.7 Å². The molecule has 0 unspecified atom stereocenters. The molecule has 7 heteroatoms. The van der Waals surface area contributed by atoms with Crippen LogP contribution in [0.4, 0.5) is 5.69 Å². The Kier molecular flexibility index (Phi) is 3.22. The largest absolute Gasteiger partial charge is 0.388 e. The molecule has 0 radical (unpaired) electrons. The first-order chi connectivity index (χ1) is 8.60. The van der Waals surface area contributed by atoms with Crippen molar-refractivity contribution in [1.82, 2.24) is 15.2 Å². The van der Waals surface area contributed by atoms with Crippen molar-refractivity contribution in [2.24, 2.45) is 0 Å². The van der Waals surface area contributed by atoms with Gasteiger partial charge in [-0.2, -0.15) is 0 Å². The zero-order chi connectivity index (χ0) is 13.1. The fraction of sp³-hybridized carbons (Fsp3) is 0.273. The van der Waals surface area contributed by atoms with Crippen LogP contribution >= 0.6 is 0 Å². The molecule has 1 aromatic rings. The maximum atomic E-state index is 12.1. The van der Waals surface area contributed by atoms with E-state index >= 15 is 0 Å². The van der Waals surface area contributed by atoms with Gasteiger partial charge in [0.2, 0.25) is 11.8 Å². The highest BCUT2D eigenvalue weighted by molar-refractivity contribution is 6.05. The van der Waals surface area contributed by atoms with Crippen molar-refractivity contribution in [3.8, 4) is 0 Å². The number of hydrogen-bond acceptors (Lipinski definition) is 5. The normalized spacial score (nSPS) is 15.3. The number of pyridine rings is 1. The monoisotopic (exact) mass is 248 g/mol. The van der Waals surface area contributed by atoms with E-state index in [0.717, 1.165) is 5.69 Å². The van der Waals surface area contributed by atoms with Crippen molar-refractivity contribution in [3.63, 3.8) is 0 Å². The van der Waals surface area contributed by atoms with Crippen LogP contribution in [0.25, 0.3) is 0 Å². The highest BCUT2D eigenvalue weighted by Gasteiger charge is 2.27. The van der Waals surface area contributed by atoms with E-state index in [1.807, 2.05) is 0 Å². The Morgan fingerprint density at radius 1 is 1.39 bits per heavy atom. The minimum atomic E-state index is -0.482. The number of piperazine rings is 1. The van der Waals surface area contributed by atoms with E-state index in [1.165, 1.54) is 11.1 Å². The molecule has 0 bridgehead atoms. The van der Waals surface area contributed by atoms with E-state index in [0.29, 0.717) is 0 Å². The number of anilines is 1. The molecule has 1 aliphatic rings. The van der Waals surface area contributed by atoms with Crippen molar-refractivity contribution in [2.45, 2.75) is 0 Å². The quantitative estimate of drug-likeness (QED) is 0.670. The first-order valence-electron chi connectivity index (χ1n) is 5.36. The van der Waals surface area contributed by atoms with Gasteiger partial charge in [-0.05, 0) is 12.1 Å². The highest BCUT2D eigenvalue weighted by Crippen LogP contribution is 2.10. The summed E-state index contributed by atoms with van der Waals surface area (Å²) in [6.07, 6.45) is 1.49. The van der Waals surface area contributed by atoms with Gasteiger partial charge in [0.15, 0.2) is 0 Å². The van der Waals surface area contributed by atoms with E-state index in [-0.39, 0.29) is 18.8 Å². The molecule has 0 spiro atoms. The first kappa shape index (κ1) is 12.0. The molecule has 2 rings (SSSR count). The van der Waals surface area contributed by atoms with E-state index in [2.05, 4.69) is 15.6 Å². The van der Waals surface area contributed by atoms with E-state index in [1.54, 1.807) is 19.2 Å². The lowest BCUT2D eigenvalue weighted by molar-refractivity contribution is -0.135. The Morgan fingerprint density at radius 2 is 2.06 bits per heavy atom. The third kappa shape index (κ3) is 2.45. The molecule has 0 aliphatic carbocycles. The van der Waals surface area contributed by atoms with Crippen LogP contribution in [-0.2, 0) is 9.59 Å². The Labute approximate surface area is 103 Å². The van der Waals surface area contributed by atoms with Gasteiger partial charge in [-0.1, -0.05) is 0 Å². The molecule has 94 valence electrons. The van der Waals surface area contributed by atoms with Gasteiger partial charge in [0.05, 0.1) is 0 Å². The number of nitrogens with one attached hydrogen (secondary N) is 2. The van der Waals surface area contributed by atoms with Crippen molar-refractivity contribution >= 4 is 23.4 Å². The van der Waals surface area contributed by atoms with Gasteiger partial charge in [0, 0.05) is 18.9 Å². The maximum absolute atomic E-state index is 12.1. The Morgan fingerprint density at radius 3 is 2.67 bits per heavy atom. The summed E-state index contributed by atoms with van der Waals surface area (Å²) in [5.74, 6) is -1.40. The number of carbonyl (C=O) groups is 3. The molecule has 0 atom stereocenters. The van der Waals surface area contributed by atoms with E-state index in [4.69, 9.17) is 0 Å². The summed E-state index contributed by atoms with van der Waals surface area (Å²) in [5, 5.41) is 5.02. The van der Waals surface area contributed by atoms with Crippen LogP contribution in [0.1, 0.15) is 10.5 Å². The zero-order valence-corrected chi connectivity index (χ0v) is 9.77. The predicted octanol–water partition coefficient (Wildman–Crippen LogP) is -0.778. The summed E-state index contributed by atoms with van der Waals surface area (Å²) in [4.78, 5) is 39.5. The summed E-state index contributed by atoms with van der Waals surface area (Å²) in [7, 11) is 1.72. The summed E-state index contributed by atoms with van der Waals surface area (Å²) in [5.41, 5.74) is 0.936. The van der Waals surface area contributed by atoms with E-state index in [9.17, 15) is 14.4 Å². The summed E-state index contributed by atoms with van der Waals surface area (Å²) >= 11 is 0. The maximum Gasteiger partial charge on any atom is 0.273 e. The lowest BCUT2D eigenvalue weighted by Crippen LogP contribution is -2.53. The lowest BCUT2D eigenvalue weighted by atomic mass is 10.2. The number of amides is 3. The third-order valence-electron chi connectivity index (χ3n) is 2.50. The van der Waals surface area contributed by atoms with Crippen molar-refractivity contribution < 1.29 is 14.4 Å². The van der Waals surface area contributed by atoms with Gasteiger partial charge >= 0.3 is 0 Å². The van der Waals surface area contributed by atoms with Gasteiger partial charge in [-0.15, -0.1) is 0 Å². The predicted molar refractivity (Wildman–Crippen MR) is 62.8 cm³/mol. The molecule has 2 N–H and O–H groups in total. The smallest absolute Gasteiger partial charge is 0.273 e. The molecule has 0 aromatic carbocycles. The first-order valence-corrected chi connectivity index (χ1v) is 5.36. The van der Waals surface area contributed by atoms with Gasteiger partial charge < -0.3 is 10.2 Å². The number of carbonyl (C=O) groups excluding carboxylic acids is 3. The molecule has 2 heterocycles. The number of rotatable bonds is 2. The second-order valence-electron chi connectivity index (χ2n) is 3.81. The second-order valence-corrected chi connectivity index (χ2v) is 3.81. The van der Waals surface area contributed by atoms with Crippen molar-refractivity contribution in [3.05, 3.63) is 24.0 Å². The third-order valence-corrected chi connectivity index (χ3v) is 2.50. The average Bonchev–Trinajstić information content (AvgIpc) is 2.37. The fourth-order valence-corrected chi connectivity index (χ4v) is 1.65. The molecule has 1 saturated heterocycles. The summed E-state index contributed by atoms with van der Waals surface area (Å²) < 4.78 is 0. The molecular formula is C11H12N4O3. The Bertz CT molecular complexity index is 499. The van der Waals surface area contributed by atoms with Crippen molar-refractivity contribution in [2.75, 3.05) is 25.5 Å². The van der Waals surface area contributed by atoms with E-state index < -0.39 is 17.7 Å². The molecule has 0 saturated carbocycles. The fourth-order valence-electron chi connectivity index (χ4n) is 1.65. The van der Waals surface area contributed by atoms with Crippen LogP contribution in [0.5, 0.6) is 0 Å². The van der Waals surface area contributed by atoms with Crippen LogP contribution in [0.15, 0.2) is 18.3 Å². The molecular weight excluding hydrogens is 236 g/mol. The molecule has 3 amide bonds. The minimum Gasteiger partial charge on any atom is -0.388 e. The average molecular weight is 248 g/mol. The Balaban J connectivity index is 2.19. The number of nitrogens with zero attached hydrogens (tertiary/aromatic N) is 2. The number of aromatic nitrogens is 1. The van der Waals surface area contributed by atoms with Crippen LogP contribution < -0.4 is 10.6 Å². The zero-order valence-electron chi connectivity index (χ0n) is 9.77. The second kappa shape index (κ2) is 4.82. The minimum absolute atomic E-state index is 0.129. The van der Waals surface area contributed by atoms with Gasteiger partial charge in [-0.25, -0.2) is 0 Å². The summed E-state index contributed by atoms with van der Waals surface area (Å²) in [6, 6.07) is 3.28. The van der Waals surface area contributed by atoms with Gasteiger partial charge in [0.1, 0.15) is 18.8 Å². The molecule has 1 aromatic heterocycles. The molecule has 18 heavy (non-hydrogen) atoms. The van der Waals surface area contributed by atoms with Crippen LogP contribution in [0.3, 0.4) is 0 Å². The standard InChI is InChI=1S/C11H12N4O3/c1-12-7-2-3-13-8(4-7)11(18)15-5-9(16)14-10(17)6-15/h2-4H,5-6H2,1H3,(H,12,13)(H,14,16,17). The number of imide groups is 1. The molecule has 1 fully saturated rings. The van der Waals surface area contributed by atoms with Crippen LogP contribution in [0, 0.1) is 0 Å². The SMILES string of the molecule is CNc1ccnc(C(=O)N2CC(=O)NC(=O)C2)c1. The number of hydrogen-bond donors (Lipinski definition) is 2. The highest BCUT2D eigenvalue weighted by atomic mass is 16.2. The Hall–Kier alpha value is -2.44. The summed E-state index contributed by atoms with van der Waals surface area (Å²) in [6.45, 7) is -0.258. The lowest BCUT2D eigenvalue weighted by Gasteiger charge is -2.25. The van der Waals surface area contributed by atoms with Gasteiger partial charge in [-0.3, -0.25) is 24.7 Å². The van der Waals surface area contributed by atoms with Crippen LogP contribution in [0.2, 0.25) is 0 Å². The van der Waals surface area contributed by atoms with Gasteiger partial charge in [0.25, 0.3) is 5.91 Å². The van der Waals surface area contributed by atoms with Crippen molar-refractivity contribution in [1.29, 1.82) is 0 Å². The molecule has 1 aliphatic heterocycles. The molecule has 7 nitrogen and oxygen atoms in total. The topological polar surface area (TPSA) is 91.4 Å².